The van der Waals surface area contributed by atoms with Gasteiger partial charge in [0.1, 0.15) is 0 Å². The molecule has 0 atom stereocenters. The SMILES string of the molecule is CC1(C(=O)NCCSCCCO)CCCCC1. The summed E-state index contributed by atoms with van der Waals surface area (Å²) in [5.74, 6) is 2.16. The van der Waals surface area contributed by atoms with E-state index in [0.29, 0.717) is 0 Å². The van der Waals surface area contributed by atoms with Crippen molar-refractivity contribution in [2.45, 2.75) is 45.4 Å². The van der Waals surface area contributed by atoms with Gasteiger partial charge in [0.25, 0.3) is 0 Å². The quantitative estimate of drug-likeness (QED) is 0.689. The lowest BCUT2D eigenvalue weighted by Gasteiger charge is -2.32. The highest BCUT2D eigenvalue weighted by Gasteiger charge is 2.33. The van der Waals surface area contributed by atoms with Gasteiger partial charge >= 0.3 is 0 Å². The summed E-state index contributed by atoms with van der Waals surface area (Å²) in [5.41, 5.74) is -0.117. The Labute approximate surface area is 109 Å². The van der Waals surface area contributed by atoms with Crippen LogP contribution in [0.4, 0.5) is 0 Å². The molecule has 0 heterocycles. The third-order valence-corrected chi connectivity index (χ3v) is 4.55. The molecule has 1 amide bonds. The number of carbonyl (C=O) groups excluding carboxylic acids is 1. The highest BCUT2D eigenvalue weighted by Crippen LogP contribution is 2.35. The molecule has 0 unspecified atom stereocenters. The maximum atomic E-state index is 12.0. The molecule has 0 saturated heterocycles. The van der Waals surface area contributed by atoms with Gasteiger partial charge in [-0.15, -0.1) is 0 Å². The Balaban J connectivity index is 2.11. The van der Waals surface area contributed by atoms with E-state index in [1.807, 2.05) is 0 Å². The summed E-state index contributed by atoms with van der Waals surface area (Å²) in [6, 6.07) is 0. The Morgan fingerprint density at radius 1 is 1.29 bits per heavy atom. The fraction of sp³-hybridized carbons (Fsp3) is 0.923. The first-order chi connectivity index (χ1) is 8.19. The molecule has 1 saturated carbocycles. The lowest BCUT2D eigenvalue weighted by atomic mass is 9.75. The van der Waals surface area contributed by atoms with E-state index in [1.54, 1.807) is 11.8 Å². The van der Waals surface area contributed by atoms with Crippen LogP contribution in [0.25, 0.3) is 0 Å². The van der Waals surface area contributed by atoms with Gasteiger partial charge in [0.2, 0.25) is 5.91 Å². The van der Waals surface area contributed by atoms with Crippen molar-refractivity contribution < 1.29 is 9.90 Å². The van der Waals surface area contributed by atoms with Crippen LogP contribution in [0.3, 0.4) is 0 Å². The molecule has 100 valence electrons. The average Bonchev–Trinajstić information content (AvgIpc) is 2.34. The van der Waals surface area contributed by atoms with Gasteiger partial charge < -0.3 is 10.4 Å². The first kappa shape index (κ1) is 14.8. The van der Waals surface area contributed by atoms with Gasteiger partial charge in [0.05, 0.1) is 0 Å². The minimum atomic E-state index is -0.117. The van der Waals surface area contributed by atoms with Crippen LogP contribution in [0, 0.1) is 5.41 Å². The number of amides is 1. The van der Waals surface area contributed by atoms with Crippen molar-refractivity contribution in [2.75, 3.05) is 24.7 Å². The van der Waals surface area contributed by atoms with Crippen molar-refractivity contribution in [2.24, 2.45) is 5.41 Å². The van der Waals surface area contributed by atoms with Crippen LogP contribution in [0.5, 0.6) is 0 Å². The maximum absolute atomic E-state index is 12.0. The molecule has 0 aromatic rings. The van der Waals surface area contributed by atoms with E-state index in [1.165, 1.54) is 19.3 Å². The van der Waals surface area contributed by atoms with E-state index in [9.17, 15) is 4.79 Å². The van der Waals surface area contributed by atoms with E-state index in [4.69, 9.17) is 5.11 Å². The van der Waals surface area contributed by atoms with Gasteiger partial charge in [0.15, 0.2) is 0 Å². The largest absolute Gasteiger partial charge is 0.396 e. The zero-order chi connectivity index (χ0) is 12.6. The number of nitrogens with one attached hydrogen (secondary N) is 1. The van der Waals surface area contributed by atoms with Crippen molar-refractivity contribution in [1.82, 2.24) is 5.32 Å². The second-order valence-corrected chi connectivity index (χ2v) is 6.29. The molecule has 0 bridgehead atoms. The molecular weight excluding hydrogens is 234 g/mol. The minimum absolute atomic E-state index is 0.117. The Bertz CT molecular complexity index is 227. The van der Waals surface area contributed by atoms with E-state index >= 15 is 0 Å². The summed E-state index contributed by atoms with van der Waals surface area (Å²) in [5, 5.41) is 11.7. The summed E-state index contributed by atoms with van der Waals surface area (Å²) in [6.45, 7) is 3.11. The van der Waals surface area contributed by atoms with E-state index < -0.39 is 0 Å². The first-order valence-electron chi connectivity index (χ1n) is 6.66. The summed E-state index contributed by atoms with van der Waals surface area (Å²) in [6.07, 6.45) is 6.58. The topological polar surface area (TPSA) is 49.3 Å². The standard InChI is InChI=1S/C13H25NO2S/c1-13(6-3-2-4-7-13)12(16)14-8-11-17-10-5-9-15/h15H,2-11H2,1H3,(H,14,16). The molecule has 17 heavy (non-hydrogen) atoms. The van der Waals surface area contributed by atoms with Crippen molar-refractivity contribution in [3.63, 3.8) is 0 Å². The van der Waals surface area contributed by atoms with Crippen LogP contribution in [0.15, 0.2) is 0 Å². The Kier molecular flexibility index (Phi) is 6.97. The van der Waals surface area contributed by atoms with Gasteiger partial charge in [-0.3, -0.25) is 4.79 Å². The molecular formula is C13H25NO2S. The van der Waals surface area contributed by atoms with Crippen molar-refractivity contribution in [1.29, 1.82) is 0 Å². The number of hydrogen-bond acceptors (Lipinski definition) is 3. The lowest BCUT2D eigenvalue weighted by molar-refractivity contribution is -0.131. The molecule has 1 aliphatic carbocycles. The van der Waals surface area contributed by atoms with Crippen LogP contribution in [-0.2, 0) is 4.79 Å². The second-order valence-electron chi connectivity index (χ2n) is 5.07. The normalized spacial score (nSPS) is 18.9. The number of hydrogen-bond donors (Lipinski definition) is 2. The number of thioether (sulfide) groups is 1. The predicted octanol–water partition coefficient (Wildman–Crippen LogP) is 2.19. The maximum Gasteiger partial charge on any atom is 0.225 e. The van der Waals surface area contributed by atoms with Crippen LogP contribution >= 0.6 is 11.8 Å². The van der Waals surface area contributed by atoms with Gasteiger partial charge in [-0.1, -0.05) is 26.2 Å². The zero-order valence-electron chi connectivity index (χ0n) is 10.8. The molecule has 1 fully saturated rings. The van der Waals surface area contributed by atoms with E-state index in [0.717, 1.165) is 37.3 Å². The molecule has 2 N–H and O–H groups in total. The molecule has 0 aromatic carbocycles. The molecule has 4 heteroatoms. The fourth-order valence-corrected chi connectivity index (χ4v) is 3.06. The molecule has 1 rings (SSSR count). The minimum Gasteiger partial charge on any atom is -0.396 e. The monoisotopic (exact) mass is 259 g/mol. The first-order valence-corrected chi connectivity index (χ1v) is 7.81. The van der Waals surface area contributed by atoms with Gasteiger partial charge in [-0.2, -0.15) is 11.8 Å². The Morgan fingerprint density at radius 3 is 2.65 bits per heavy atom. The molecule has 3 nitrogen and oxygen atoms in total. The smallest absolute Gasteiger partial charge is 0.225 e. The highest BCUT2D eigenvalue weighted by atomic mass is 32.2. The van der Waals surface area contributed by atoms with Crippen LogP contribution in [-0.4, -0.2) is 35.7 Å². The highest BCUT2D eigenvalue weighted by molar-refractivity contribution is 7.99. The summed E-state index contributed by atoms with van der Waals surface area (Å²) < 4.78 is 0. The Hall–Kier alpha value is -0.220. The molecule has 0 aliphatic heterocycles. The van der Waals surface area contributed by atoms with E-state index in [-0.39, 0.29) is 17.9 Å². The van der Waals surface area contributed by atoms with E-state index in [2.05, 4.69) is 12.2 Å². The van der Waals surface area contributed by atoms with Crippen LogP contribution in [0.1, 0.15) is 45.4 Å². The molecule has 0 radical (unpaired) electrons. The average molecular weight is 259 g/mol. The van der Waals surface area contributed by atoms with Crippen molar-refractivity contribution >= 4 is 17.7 Å². The summed E-state index contributed by atoms with van der Waals surface area (Å²) in [7, 11) is 0. The van der Waals surface area contributed by atoms with Gasteiger partial charge in [-0.05, 0) is 25.0 Å². The summed E-state index contributed by atoms with van der Waals surface area (Å²) in [4.78, 5) is 12.0. The van der Waals surface area contributed by atoms with Gasteiger partial charge in [-0.25, -0.2) is 0 Å². The second kappa shape index (κ2) is 7.98. The fourth-order valence-electron chi connectivity index (χ4n) is 2.28. The van der Waals surface area contributed by atoms with Crippen LogP contribution in [0.2, 0.25) is 0 Å². The van der Waals surface area contributed by atoms with Gasteiger partial charge in [0, 0.05) is 24.3 Å². The third-order valence-electron chi connectivity index (χ3n) is 3.48. The molecule has 0 spiro atoms. The lowest BCUT2D eigenvalue weighted by Crippen LogP contribution is -2.41. The molecule has 0 aromatic heterocycles. The Morgan fingerprint density at radius 2 is 2.00 bits per heavy atom. The third kappa shape index (κ3) is 5.30. The predicted molar refractivity (Wildman–Crippen MR) is 73.2 cm³/mol. The van der Waals surface area contributed by atoms with Crippen molar-refractivity contribution in [3.05, 3.63) is 0 Å². The van der Waals surface area contributed by atoms with Crippen LogP contribution < -0.4 is 5.32 Å². The molecule has 1 aliphatic rings. The summed E-state index contributed by atoms with van der Waals surface area (Å²) >= 11 is 1.79. The number of rotatable bonds is 7. The zero-order valence-corrected chi connectivity index (χ0v) is 11.7. The number of aliphatic hydroxyl groups excluding tert-OH is 1. The van der Waals surface area contributed by atoms with Crippen molar-refractivity contribution in [3.8, 4) is 0 Å². The number of aliphatic hydroxyl groups is 1. The number of carbonyl (C=O) groups is 1.